The lowest BCUT2D eigenvalue weighted by atomic mass is 9.96. The third-order valence-corrected chi connectivity index (χ3v) is 4.26. The Labute approximate surface area is 131 Å². The summed E-state index contributed by atoms with van der Waals surface area (Å²) in [4.78, 5) is 19.6. The first-order valence-electron chi connectivity index (χ1n) is 7.98. The van der Waals surface area contributed by atoms with Crippen molar-refractivity contribution in [3.05, 3.63) is 41.1 Å². The largest absolute Gasteiger partial charge is 0.336 e. The average Bonchev–Trinajstić information content (AvgIpc) is 2.53. The number of carbonyl (C=O) groups is 1. The van der Waals surface area contributed by atoms with Crippen molar-refractivity contribution in [2.75, 3.05) is 26.2 Å². The van der Waals surface area contributed by atoms with Gasteiger partial charge in [0.1, 0.15) is 0 Å². The first-order chi connectivity index (χ1) is 10.6. The Kier molecular flexibility index (Phi) is 4.12. The Morgan fingerprint density at radius 3 is 2.68 bits per heavy atom. The molecular formula is C18H23N3O. The second-order valence-electron chi connectivity index (χ2n) is 6.25. The van der Waals surface area contributed by atoms with Gasteiger partial charge in [0, 0.05) is 37.3 Å². The van der Waals surface area contributed by atoms with Crippen LogP contribution in [0.15, 0.2) is 24.3 Å². The lowest BCUT2D eigenvalue weighted by molar-refractivity contribution is 0.0737. The van der Waals surface area contributed by atoms with Crippen molar-refractivity contribution in [3.63, 3.8) is 0 Å². The molecule has 1 aliphatic rings. The van der Waals surface area contributed by atoms with Crippen LogP contribution in [-0.2, 0) is 0 Å². The lowest BCUT2D eigenvalue weighted by Crippen LogP contribution is -2.46. The maximum atomic E-state index is 12.9. The Hall–Kier alpha value is -1.94. The number of nitrogens with one attached hydrogen (secondary N) is 1. The van der Waals surface area contributed by atoms with E-state index in [0.29, 0.717) is 5.92 Å². The van der Waals surface area contributed by atoms with Crippen LogP contribution in [0.1, 0.15) is 41.4 Å². The highest BCUT2D eigenvalue weighted by Crippen LogP contribution is 2.27. The third-order valence-electron chi connectivity index (χ3n) is 4.26. The molecule has 116 valence electrons. The van der Waals surface area contributed by atoms with Crippen molar-refractivity contribution in [1.29, 1.82) is 0 Å². The van der Waals surface area contributed by atoms with E-state index in [0.717, 1.165) is 48.3 Å². The second-order valence-corrected chi connectivity index (χ2v) is 6.25. The van der Waals surface area contributed by atoms with Gasteiger partial charge < -0.3 is 10.2 Å². The molecule has 3 rings (SSSR count). The molecule has 1 amide bonds. The van der Waals surface area contributed by atoms with Crippen molar-refractivity contribution in [2.24, 2.45) is 0 Å². The van der Waals surface area contributed by atoms with Crippen LogP contribution in [-0.4, -0.2) is 42.0 Å². The molecule has 0 saturated carbocycles. The standard InChI is InChI=1S/C18H23N3O/c1-12(2)14-5-4-6-15-16(11-13(3)20-17(14)15)18(22)21-9-7-19-8-10-21/h4-6,11-12,19H,7-10H2,1-3H3. The molecule has 1 aromatic carbocycles. The molecule has 22 heavy (non-hydrogen) atoms. The fourth-order valence-corrected chi connectivity index (χ4v) is 3.08. The summed E-state index contributed by atoms with van der Waals surface area (Å²) in [5, 5.41) is 4.26. The minimum absolute atomic E-state index is 0.123. The maximum Gasteiger partial charge on any atom is 0.254 e. The van der Waals surface area contributed by atoms with Crippen LogP contribution in [0, 0.1) is 6.92 Å². The van der Waals surface area contributed by atoms with E-state index in [9.17, 15) is 4.79 Å². The van der Waals surface area contributed by atoms with Gasteiger partial charge in [0.2, 0.25) is 0 Å². The summed E-state index contributed by atoms with van der Waals surface area (Å²) < 4.78 is 0. The molecule has 2 aromatic rings. The van der Waals surface area contributed by atoms with Gasteiger partial charge in [-0.05, 0) is 24.5 Å². The molecule has 0 aliphatic carbocycles. The summed E-state index contributed by atoms with van der Waals surface area (Å²) in [6.45, 7) is 9.56. The number of hydrogen-bond acceptors (Lipinski definition) is 3. The number of piperazine rings is 1. The molecule has 0 atom stereocenters. The van der Waals surface area contributed by atoms with Crippen LogP contribution in [0.25, 0.3) is 10.9 Å². The number of para-hydroxylation sites is 1. The molecule has 2 heterocycles. The number of rotatable bonds is 2. The highest BCUT2D eigenvalue weighted by molar-refractivity contribution is 6.07. The average molecular weight is 297 g/mol. The zero-order chi connectivity index (χ0) is 15.7. The molecule has 0 unspecified atom stereocenters. The van der Waals surface area contributed by atoms with Gasteiger partial charge >= 0.3 is 0 Å². The number of aromatic nitrogens is 1. The molecule has 1 saturated heterocycles. The Morgan fingerprint density at radius 2 is 2.00 bits per heavy atom. The van der Waals surface area contributed by atoms with E-state index in [-0.39, 0.29) is 5.91 Å². The number of hydrogen-bond donors (Lipinski definition) is 1. The molecule has 1 aromatic heterocycles. The number of aryl methyl sites for hydroxylation is 1. The molecule has 0 spiro atoms. The first-order valence-corrected chi connectivity index (χ1v) is 7.98. The number of fused-ring (bicyclic) bond motifs is 1. The minimum atomic E-state index is 0.123. The van der Waals surface area contributed by atoms with Crippen LogP contribution in [0.5, 0.6) is 0 Å². The van der Waals surface area contributed by atoms with Gasteiger partial charge in [-0.25, -0.2) is 0 Å². The molecule has 1 N–H and O–H groups in total. The molecule has 0 radical (unpaired) electrons. The van der Waals surface area contributed by atoms with Crippen LogP contribution >= 0.6 is 0 Å². The van der Waals surface area contributed by atoms with Crippen molar-refractivity contribution in [1.82, 2.24) is 15.2 Å². The summed E-state index contributed by atoms with van der Waals surface area (Å²) in [6.07, 6.45) is 0. The molecule has 1 aliphatic heterocycles. The lowest BCUT2D eigenvalue weighted by Gasteiger charge is -2.28. The van der Waals surface area contributed by atoms with Gasteiger partial charge in [0.05, 0.1) is 11.1 Å². The normalized spacial score (nSPS) is 15.5. The molecule has 0 bridgehead atoms. The smallest absolute Gasteiger partial charge is 0.254 e. The number of nitrogens with zero attached hydrogens (tertiary/aromatic N) is 2. The minimum Gasteiger partial charge on any atom is -0.336 e. The van der Waals surface area contributed by atoms with E-state index in [4.69, 9.17) is 4.98 Å². The third kappa shape index (κ3) is 2.71. The van der Waals surface area contributed by atoms with Crippen molar-refractivity contribution >= 4 is 16.8 Å². The molecule has 4 nitrogen and oxygen atoms in total. The Balaban J connectivity index is 2.13. The van der Waals surface area contributed by atoms with Crippen molar-refractivity contribution in [3.8, 4) is 0 Å². The predicted molar refractivity (Wildman–Crippen MR) is 89.3 cm³/mol. The van der Waals surface area contributed by atoms with Gasteiger partial charge in [-0.1, -0.05) is 32.0 Å². The van der Waals surface area contributed by atoms with Crippen LogP contribution in [0.2, 0.25) is 0 Å². The summed E-state index contributed by atoms with van der Waals surface area (Å²) in [7, 11) is 0. The van der Waals surface area contributed by atoms with Gasteiger partial charge in [-0.3, -0.25) is 9.78 Å². The Bertz CT molecular complexity index is 703. The van der Waals surface area contributed by atoms with Crippen LogP contribution in [0.4, 0.5) is 0 Å². The molecule has 4 heteroatoms. The highest BCUT2D eigenvalue weighted by atomic mass is 16.2. The van der Waals surface area contributed by atoms with E-state index in [2.05, 4.69) is 25.2 Å². The zero-order valence-electron chi connectivity index (χ0n) is 13.5. The van der Waals surface area contributed by atoms with E-state index in [1.807, 2.05) is 30.0 Å². The fourth-order valence-electron chi connectivity index (χ4n) is 3.08. The topological polar surface area (TPSA) is 45.2 Å². The van der Waals surface area contributed by atoms with Gasteiger partial charge in [0.25, 0.3) is 5.91 Å². The predicted octanol–water partition coefficient (Wildman–Crippen LogP) is 2.71. The summed E-state index contributed by atoms with van der Waals surface area (Å²) in [5.74, 6) is 0.512. The number of carbonyl (C=O) groups excluding carboxylic acids is 1. The SMILES string of the molecule is Cc1cc(C(=O)N2CCNCC2)c2cccc(C(C)C)c2n1. The van der Waals surface area contributed by atoms with Gasteiger partial charge in [-0.15, -0.1) is 0 Å². The number of amides is 1. The highest BCUT2D eigenvalue weighted by Gasteiger charge is 2.21. The van der Waals surface area contributed by atoms with Crippen LogP contribution < -0.4 is 5.32 Å². The van der Waals surface area contributed by atoms with E-state index in [1.54, 1.807) is 0 Å². The summed E-state index contributed by atoms with van der Waals surface area (Å²) >= 11 is 0. The molecular weight excluding hydrogens is 274 g/mol. The number of benzene rings is 1. The monoisotopic (exact) mass is 297 g/mol. The second kappa shape index (κ2) is 6.05. The van der Waals surface area contributed by atoms with Crippen molar-refractivity contribution in [2.45, 2.75) is 26.7 Å². The molecule has 1 fully saturated rings. The van der Waals surface area contributed by atoms with Gasteiger partial charge in [-0.2, -0.15) is 0 Å². The quantitative estimate of drug-likeness (QED) is 0.927. The van der Waals surface area contributed by atoms with Gasteiger partial charge in [0.15, 0.2) is 0 Å². The van der Waals surface area contributed by atoms with Crippen molar-refractivity contribution < 1.29 is 4.79 Å². The first kappa shape index (κ1) is 15.0. The summed E-state index contributed by atoms with van der Waals surface area (Å²) in [5.41, 5.74) is 3.86. The Morgan fingerprint density at radius 1 is 1.27 bits per heavy atom. The van der Waals surface area contributed by atoms with Crippen LogP contribution in [0.3, 0.4) is 0 Å². The zero-order valence-corrected chi connectivity index (χ0v) is 13.5. The fraction of sp³-hybridized carbons (Fsp3) is 0.444. The van der Waals surface area contributed by atoms with E-state index >= 15 is 0 Å². The number of pyridine rings is 1. The summed E-state index contributed by atoms with van der Waals surface area (Å²) in [6, 6.07) is 8.08. The van der Waals surface area contributed by atoms with E-state index < -0.39 is 0 Å². The van der Waals surface area contributed by atoms with E-state index in [1.165, 1.54) is 5.56 Å². The maximum absolute atomic E-state index is 12.9.